The second-order valence-corrected chi connectivity index (χ2v) is 3.02. The van der Waals surface area contributed by atoms with Crippen molar-refractivity contribution < 1.29 is 5.11 Å². The Kier molecular flexibility index (Phi) is 1.95. The van der Waals surface area contributed by atoms with Gasteiger partial charge < -0.3 is 10.4 Å². The third-order valence-corrected chi connectivity index (χ3v) is 2.13. The van der Waals surface area contributed by atoms with Gasteiger partial charge in [0.2, 0.25) is 5.95 Å². The van der Waals surface area contributed by atoms with Crippen LogP contribution in [0.2, 0.25) is 0 Å². The van der Waals surface area contributed by atoms with Gasteiger partial charge in [-0.05, 0) is 12.3 Å². The number of aliphatic hydroxyl groups is 1. The van der Waals surface area contributed by atoms with E-state index < -0.39 is 0 Å². The van der Waals surface area contributed by atoms with Gasteiger partial charge in [-0.3, -0.25) is 0 Å². The van der Waals surface area contributed by atoms with E-state index in [1.165, 1.54) is 0 Å². The maximum Gasteiger partial charge on any atom is 0.221 e. The molecule has 1 atom stereocenters. The largest absolute Gasteiger partial charge is 0.396 e. The maximum atomic E-state index is 8.74. The molecule has 0 fully saturated rings. The Bertz CT molecular complexity index is 260. The zero-order valence-electron chi connectivity index (χ0n) is 6.77. The molecule has 2 N–H and O–H groups in total. The van der Waals surface area contributed by atoms with Crippen molar-refractivity contribution in [2.45, 2.75) is 13.0 Å². The molecule has 0 aromatic carbocycles. The van der Waals surface area contributed by atoms with E-state index in [-0.39, 0.29) is 6.61 Å². The van der Waals surface area contributed by atoms with Crippen LogP contribution in [-0.4, -0.2) is 33.0 Å². The minimum absolute atomic E-state index is 0.246. The topological polar surface area (TPSA) is 63.0 Å². The number of aromatic nitrogens is 3. The SMILES string of the molecule is OCCC1CNc2ncnn2C1. The van der Waals surface area contributed by atoms with Crippen LogP contribution in [-0.2, 0) is 6.54 Å². The first-order valence-electron chi connectivity index (χ1n) is 4.12. The molecule has 0 radical (unpaired) electrons. The third-order valence-electron chi connectivity index (χ3n) is 2.13. The van der Waals surface area contributed by atoms with Crippen molar-refractivity contribution >= 4 is 5.95 Å². The average molecular weight is 168 g/mol. The standard InChI is InChI=1S/C7H12N4O/c12-2-1-6-3-8-7-9-5-10-11(7)4-6/h5-6,12H,1-4H2,(H,8,9,10). The number of fused-ring (bicyclic) bond motifs is 1. The predicted molar refractivity (Wildman–Crippen MR) is 43.7 cm³/mol. The Morgan fingerprint density at radius 2 is 2.67 bits per heavy atom. The summed E-state index contributed by atoms with van der Waals surface area (Å²) in [5.41, 5.74) is 0. The monoisotopic (exact) mass is 168 g/mol. The van der Waals surface area contributed by atoms with Gasteiger partial charge in [-0.1, -0.05) is 0 Å². The Morgan fingerprint density at radius 3 is 3.50 bits per heavy atom. The van der Waals surface area contributed by atoms with E-state index in [1.807, 2.05) is 4.68 Å². The van der Waals surface area contributed by atoms with Crippen LogP contribution in [0.3, 0.4) is 0 Å². The number of hydrogen-bond donors (Lipinski definition) is 2. The van der Waals surface area contributed by atoms with E-state index in [0.29, 0.717) is 5.92 Å². The van der Waals surface area contributed by atoms with Crippen LogP contribution in [0.5, 0.6) is 0 Å². The van der Waals surface area contributed by atoms with Crippen molar-refractivity contribution in [2.24, 2.45) is 5.92 Å². The van der Waals surface area contributed by atoms with E-state index in [2.05, 4.69) is 15.4 Å². The lowest BCUT2D eigenvalue weighted by Gasteiger charge is -2.22. The molecule has 0 saturated carbocycles. The van der Waals surface area contributed by atoms with Crippen LogP contribution in [0.1, 0.15) is 6.42 Å². The minimum atomic E-state index is 0.246. The molecule has 1 unspecified atom stereocenters. The highest BCUT2D eigenvalue weighted by Crippen LogP contribution is 2.15. The van der Waals surface area contributed by atoms with E-state index in [4.69, 9.17) is 5.11 Å². The van der Waals surface area contributed by atoms with E-state index in [9.17, 15) is 0 Å². The highest BCUT2D eigenvalue weighted by Gasteiger charge is 2.17. The number of hydrogen-bond acceptors (Lipinski definition) is 4. The normalized spacial score (nSPS) is 21.6. The molecular formula is C7H12N4O. The summed E-state index contributed by atoms with van der Waals surface area (Å²) in [6.07, 6.45) is 2.37. The van der Waals surface area contributed by atoms with Crippen LogP contribution in [0.25, 0.3) is 0 Å². The molecule has 2 heterocycles. The van der Waals surface area contributed by atoms with Crippen LogP contribution in [0, 0.1) is 5.92 Å². The lowest BCUT2D eigenvalue weighted by Crippen LogP contribution is -2.28. The summed E-state index contributed by atoms with van der Waals surface area (Å²) >= 11 is 0. The average Bonchev–Trinajstić information content (AvgIpc) is 2.51. The van der Waals surface area contributed by atoms with Crippen molar-refractivity contribution in [2.75, 3.05) is 18.5 Å². The molecule has 5 nitrogen and oxygen atoms in total. The summed E-state index contributed by atoms with van der Waals surface area (Å²) in [5, 5.41) is 16.0. The smallest absolute Gasteiger partial charge is 0.221 e. The zero-order valence-corrected chi connectivity index (χ0v) is 6.77. The Balaban J connectivity index is 2.05. The van der Waals surface area contributed by atoms with Crippen molar-refractivity contribution in [3.8, 4) is 0 Å². The summed E-state index contributed by atoms with van der Waals surface area (Å²) in [4.78, 5) is 4.03. The second kappa shape index (κ2) is 3.10. The fourth-order valence-electron chi connectivity index (χ4n) is 1.46. The molecule has 66 valence electrons. The maximum absolute atomic E-state index is 8.74. The molecule has 0 amide bonds. The van der Waals surface area contributed by atoms with Crippen LogP contribution in [0.15, 0.2) is 6.33 Å². The van der Waals surface area contributed by atoms with Gasteiger partial charge in [0, 0.05) is 19.7 Å². The number of rotatable bonds is 2. The molecular weight excluding hydrogens is 156 g/mol. The molecule has 1 aromatic heterocycles. The van der Waals surface area contributed by atoms with Gasteiger partial charge in [-0.15, -0.1) is 0 Å². The number of anilines is 1. The van der Waals surface area contributed by atoms with Crippen molar-refractivity contribution in [1.82, 2.24) is 14.8 Å². The Labute approximate surface area is 70.4 Å². The molecule has 1 aliphatic heterocycles. The molecule has 0 spiro atoms. The Hall–Kier alpha value is -1.10. The summed E-state index contributed by atoms with van der Waals surface area (Å²) in [6.45, 7) is 2.00. The summed E-state index contributed by atoms with van der Waals surface area (Å²) in [7, 11) is 0. The second-order valence-electron chi connectivity index (χ2n) is 3.02. The summed E-state index contributed by atoms with van der Waals surface area (Å²) in [5.74, 6) is 1.31. The lowest BCUT2D eigenvalue weighted by atomic mass is 10.1. The van der Waals surface area contributed by atoms with Gasteiger partial charge in [-0.2, -0.15) is 10.1 Å². The molecule has 0 aliphatic carbocycles. The molecule has 1 aliphatic rings. The van der Waals surface area contributed by atoms with Crippen LogP contribution >= 0.6 is 0 Å². The van der Waals surface area contributed by atoms with E-state index >= 15 is 0 Å². The molecule has 0 bridgehead atoms. The lowest BCUT2D eigenvalue weighted by molar-refractivity contribution is 0.244. The highest BCUT2D eigenvalue weighted by molar-refractivity contribution is 5.25. The zero-order chi connectivity index (χ0) is 8.39. The first kappa shape index (κ1) is 7.54. The molecule has 0 saturated heterocycles. The number of aliphatic hydroxyl groups excluding tert-OH is 1. The quantitative estimate of drug-likeness (QED) is 0.636. The number of nitrogens with zero attached hydrogens (tertiary/aromatic N) is 3. The van der Waals surface area contributed by atoms with Gasteiger partial charge in [0.1, 0.15) is 6.33 Å². The van der Waals surface area contributed by atoms with Crippen LogP contribution < -0.4 is 5.32 Å². The first-order valence-corrected chi connectivity index (χ1v) is 4.12. The predicted octanol–water partition coefficient (Wildman–Crippen LogP) is -0.298. The fourth-order valence-corrected chi connectivity index (χ4v) is 1.46. The third kappa shape index (κ3) is 1.27. The molecule has 12 heavy (non-hydrogen) atoms. The molecule has 5 heteroatoms. The van der Waals surface area contributed by atoms with Gasteiger partial charge in [0.25, 0.3) is 0 Å². The van der Waals surface area contributed by atoms with Gasteiger partial charge >= 0.3 is 0 Å². The molecule has 1 aromatic rings. The van der Waals surface area contributed by atoms with Gasteiger partial charge in [0.05, 0.1) is 0 Å². The first-order chi connectivity index (χ1) is 5.90. The minimum Gasteiger partial charge on any atom is -0.396 e. The summed E-state index contributed by atoms with van der Waals surface area (Å²) < 4.78 is 1.84. The Morgan fingerprint density at radius 1 is 1.75 bits per heavy atom. The van der Waals surface area contributed by atoms with E-state index in [1.54, 1.807) is 6.33 Å². The van der Waals surface area contributed by atoms with Crippen LogP contribution in [0.4, 0.5) is 5.95 Å². The van der Waals surface area contributed by atoms with Gasteiger partial charge in [0.15, 0.2) is 0 Å². The molecule has 2 rings (SSSR count). The fraction of sp³-hybridized carbons (Fsp3) is 0.714. The van der Waals surface area contributed by atoms with Crippen molar-refractivity contribution in [3.63, 3.8) is 0 Å². The van der Waals surface area contributed by atoms with Gasteiger partial charge in [-0.25, -0.2) is 4.68 Å². The van der Waals surface area contributed by atoms with Crippen molar-refractivity contribution in [3.05, 3.63) is 6.33 Å². The highest BCUT2D eigenvalue weighted by atomic mass is 16.3. The summed E-state index contributed by atoms with van der Waals surface area (Å²) in [6, 6.07) is 0. The van der Waals surface area contributed by atoms with E-state index in [0.717, 1.165) is 25.5 Å². The van der Waals surface area contributed by atoms with Crippen molar-refractivity contribution in [1.29, 1.82) is 0 Å². The number of nitrogens with one attached hydrogen (secondary N) is 1.